The first-order chi connectivity index (χ1) is 8.77. The summed E-state index contributed by atoms with van der Waals surface area (Å²) in [6.45, 7) is 0.838. The van der Waals surface area contributed by atoms with E-state index in [0.29, 0.717) is 36.1 Å². The van der Waals surface area contributed by atoms with Gasteiger partial charge in [-0.1, -0.05) is 24.3 Å². The number of rotatable bonds is 5. The Balaban J connectivity index is 0.00000180. The van der Waals surface area contributed by atoms with Crippen molar-refractivity contribution in [3.8, 4) is 11.5 Å². The number of anilines is 2. The van der Waals surface area contributed by atoms with E-state index < -0.39 is 0 Å². The predicted molar refractivity (Wildman–Crippen MR) is 78.5 cm³/mol. The summed E-state index contributed by atoms with van der Waals surface area (Å²) in [5.74, 6) is 1.34. The second-order valence-electron chi connectivity index (χ2n) is 3.77. The number of nitrogen functional groups attached to an aromatic ring is 2. The van der Waals surface area contributed by atoms with E-state index in [0.717, 1.165) is 0 Å². The average molecular weight is 283 g/mol. The molecule has 0 saturated carbocycles. The SMILES string of the molecule is Nc1ccccc1OCCOc1ccccc1N.[K]. The summed E-state index contributed by atoms with van der Waals surface area (Å²) in [5.41, 5.74) is 12.7. The summed E-state index contributed by atoms with van der Waals surface area (Å²) < 4.78 is 11.0. The predicted octanol–water partition coefficient (Wildman–Crippen LogP) is 1.93. The summed E-state index contributed by atoms with van der Waals surface area (Å²) >= 11 is 0. The molecule has 5 heteroatoms. The van der Waals surface area contributed by atoms with Crippen molar-refractivity contribution in [2.45, 2.75) is 0 Å². The van der Waals surface area contributed by atoms with Gasteiger partial charge in [-0.2, -0.15) is 0 Å². The second kappa shape index (κ2) is 8.45. The van der Waals surface area contributed by atoms with E-state index in [9.17, 15) is 0 Å². The minimum atomic E-state index is 0. The molecule has 0 saturated heterocycles. The number of benzene rings is 2. The molecular formula is C14H16KN2O2. The van der Waals surface area contributed by atoms with Crippen LogP contribution in [0.15, 0.2) is 48.5 Å². The Hall–Kier alpha value is -0.724. The molecule has 0 fully saturated rings. The first-order valence-corrected chi connectivity index (χ1v) is 5.72. The van der Waals surface area contributed by atoms with Crippen LogP contribution in [0.3, 0.4) is 0 Å². The van der Waals surface area contributed by atoms with E-state index in [1.807, 2.05) is 36.4 Å². The number of hydrogen-bond donors (Lipinski definition) is 2. The molecular weight excluding hydrogens is 267 g/mol. The second-order valence-corrected chi connectivity index (χ2v) is 3.77. The average Bonchev–Trinajstić information content (AvgIpc) is 2.38. The van der Waals surface area contributed by atoms with E-state index >= 15 is 0 Å². The zero-order valence-electron chi connectivity index (χ0n) is 11.0. The summed E-state index contributed by atoms with van der Waals surface area (Å²) in [6, 6.07) is 14.7. The van der Waals surface area contributed by atoms with Crippen molar-refractivity contribution >= 4 is 62.8 Å². The third-order valence-corrected chi connectivity index (χ3v) is 2.44. The molecule has 2 aromatic rings. The molecule has 1 radical (unpaired) electrons. The fourth-order valence-electron chi connectivity index (χ4n) is 1.53. The third-order valence-electron chi connectivity index (χ3n) is 2.44. The van der Waals surface area contributed by atoms with Crippen molar-refractivity contribution in [1.82, 2.24) is 0 Å². The van der Waals surface area contributed by atoms with Crippen molar-refractivity contribution < 1.29 is 9.47 Å². The van der Waals surface area contributed by atoms with Crippen molar-refractivity contribution in [3.05, 3.63) is 48.5 Å². The summed E-state index contributed by atoms with van der Waals surface area (Å²) in [7, 11) is 0. The molecule has 0 aliphatic carbocycles. The zero-order chi connectivity index (χ0) is 12.8. The van der Waals surface area contributed by atoms with Gasteiger partial charge in [0, 0.05) is 51.4 Å². The van der Waals surface area contributed by atoms with Crippen LogP contribution < -0.4 is 20.9 Å². The Kier molecular flexibility index (Phi) is 7.26. The maximum absolute atomic E-state index is 5.75. The van der Waals surface area contributed by atoms with Crippen LogP contribution in [0.2, 0.25) is 0 Å². The van der Waals surface area contributed by atoms with Crippen LogP contribution >= 0.6 is 0 Å². The minimum Gasteiger partial charge on any atom is -0.488 e. The smallest absolute Gasteiger partial charge is 0.142 e. The Morgan fingerprint density at radius 2 is 1.05 bits per heavy atom. The van der Waals surface area contributed by atoms with Crippen LogP contribution in [-0.2, 0) is 0 Å². The van der Waals surface area contributed by atoms with E-state index in [-0.39, 0.29) is 51.4 Å². The van der Waals surface area contributed by atoms with Crippen LogP contribution in [0.5, 0.6) is 11.5 Å². The van der Waals surface area contributed by atoms with E-state index in [1.54, 1.807) is 12.1 Å². The van der Waals surface area contributed by atoms with Crippen molar-refractivity contribution in [1.29, 1.82) is 0 Å². The zero-order valence-corrected chi connectivity index (χ0v) is 14.1. The molecule has 0 amide bonds. The van der Waals surface area contributed by atoms with Gasteiger partial charge in [0.05, 0.1) is 11.4 Å². The topological polar surface area (TPSA) is 70.5 Å². The van der Waals surface area contributed by atoms with Gasteiger partial charge < -0.3 is 20.9 Å². The molecule has 19 heavy (non-hydrogen) atoms. The van der Waals surface area contributed by atoms with Gasteiger partial charge in [-0.3, -0.25) is 0 Å². The number of hydrogen-bond acceptors (Lipinski definition) is 4. The Morgan fingerprint density at radius 1 is 0.684 bits per heavy atom. The molecule has 2 aromatic carbocycles. The van der Waals surface area contributed by atoms with Gasteiger partial charge in [0.2, 0.25) is 0 Å². The van der Waals surface area contributed by atoms with Crippen molar-refractivity contribution in [2.24, 2.45) is 0 Å². The van der Waals surface area contributed by atoms with Crippen LogP contribution in [-0.4, -0.2) is 64.6 Å². The van der Waals surface area contributed by atoms with Gasteiger partial charge in [-0.25, -0.2) is 0 Å². The Labute approximate surface area is 155 Å². The molecule has 2 rings (SSSR count). The molecule has 0 aliphatic rings. The maximum Gasteiger partial charge on any atom is 0.142 e. The van der Waals surface area contributed by atoms with E-state index in [4.69, 9.17) is 20.9 Å². The largest absolute Gasteiger partial charge is 0.488 e. The van der Waals surface area contributed by atoms with Crippen molar-refractivity contribution in [3.63, 3.8) is 0 Å². The molecule has 95 valence electrons. The molecule has 0 atom stereocenters. The normalized spacial score (nSPS) is 9.47. The van der Waals surface area contributed by atoms with Gasteiger partial charge in [0.25, 0.3) is 0 Å². The van der Waals surface area contributed by atoms with E-state index in [1.165, 1.54) is 0 Å². The first kappa shape index (κ1) is 16.3. The molecule has 0 bridgehead atoms. The molecule has 0 aliphatic heterocycles. The van der Waals surface area contributed by atoms with Crippen LogP contribution in [0, 0.1) is 0 Å². The van der Waals surface area contributed by atoms with Crippen molar-refractivity contribution in [2.75, 3.05) is 24.7 Å². The van der Waals surface area contributed by atoms with Gasteiger partial charge in [0.15, 0.2) is 0 Å². The molecule has 0 heterocycles. The quantitative estimate of drug-likeness (QED) is 0.500. The van der Waals surface area contributed by atoms with E-state index in [2.05, 4.69) is 0 Å². The molecule has 4 N–H and O–H groups in total. The fourth-order valence-corrected chi connectivity index (χ4v) is 1.53. The van der Waals surface area contributed by atoms with Crippen LogP contribution in [0.1, 0.15) is 0 Å². The molecule has 4 nitrogen and oxygen atoms in total. The Bertz CT molecular complexity index is 473. The monoisotopic (exact) mass is 283 g/mol. The fraction of sp³-hybridized carbons (Fsp3) is 0.143. The molecule has 0 unspecified atom stereocenters. The summed E-state index contributed by atoms with van der Waals surface area (Å²) in [5, 5.41) is 0. The van der Waals surface area contributed by atoms with Crippen LogP contribution in [0.25, 0.3) is 0 Å². The standard InChI is InChI=1S/C14H16N2O2.K/c15-11-5-1-3-7-13(11)17-9-10-18-14-8-4-2-6-12(14)16;/h1-8H,9-10,15-16H2;. The summed E-state index contributed by atoms with van der Waals surface area (Å²) in [4.78, 5) is 0. The van der Waals surface area contributed by atoms with Gasteiger partial charge in [0.1, 0.15) is 24.7 Å². The maximum atomic E-state index is 5.75. The summed E-state index contributed by atoms with van der Waals surface area (Å²) in [6.07, 6.45) is 0. The first-order valence-electron chi connectivity index (χ1n) is 5.72. The van der Waals surface area contributed by atoms with Gasteiger partial charge in [-0.15, -0.1) is 0 Å². The minimum absolute atomic E-state index is 0. The van der Waals surface area contributed by atoms with Gasteiger partial charge >= 0.3 is 0 Å². The third kappa shape index (κ3) is 5.04. The number of nitrogens with two attached hydrogens (primary N) is 2. The molecule has 0 spiro atoms. The number of para-hydroxylation sites is 4. The molecule has 0 aromatic heterocycles. The van der Waals surface area contributed by atoms with Crippen LogP contribution in [0.4, 0.5) is 11.4 Å². The Morgan fingerprint density at radius 3 is 1.42 bits per heavy atom. The van der Waals surface area contributed by atoms with Gasteiger partial charge in [-0.05, 0) is 24.3 Å². The number of ether oxygens (including phenoxy) is 2.